The van der Waals surface area contributed by atoms with Crippen molar-refractivity contribution < 1.29 is 0 Å². The maximum Gasteiger partial charge on any atom is 0.0719 e. The lowest BCUT2D eigenvalue weighted by Crippen LogP contribution is -2.35. The van der Waals surface area contributed by atoms with Crippen LogP contribution in [0.1, 0.15) is 55.8 Å². The molecule has 0 spiro atoms. The molecular formula is C17H23N3. The van der Waals surface area contributed by atoms with Crippen molar-refractivity contribution in [2.24, 2.45) is 0 Å². The molecule has 0 radical (unpaired) electrons. The summed E-state index contributed by atoms with van der Waals surface area (Å²) >= 11 is 0. The predicted molar refractivity (Wildman–Crippen MR) is 81.8 cm³/mol. The Hall–Kier alpha value is -1.61. The van der Waals surface area contributed by atoms with Crippen LogP contribution in [0.4, 0.5) is 0 Å². The normalized spacial score (nSPS) is 25.4. The van der Waals surface area contributed by atoms with Crippen LogP contribution < -0.4 is 5.32 Å². The largest absolute Gasteiger partial charge is 0.308 e. The molecule has 3 rings (SSSR count). The van der Waals surface area contributed by atoms with Crippen molar-refractivity contribution in [1.29, 1.82) is 0 Å². The molecule has 0 amide bonds. The second-order valence-corrected chi connectivity index (χ2v) is 5.75. The van der Waals surface area contributed by atoms with Gasteiger partial charge in [-0.3, -0.25) is 4.68 Å². The number of benzene rings is 1. The van der Waals surface area contributed by atoms with E-state index in [1.807, 2.05) is 12.3 Å². The van der Waals surface area contributed by atoms with Gasteiger partial charge in [-0.2, -0.15) is 5.10 Å². The smallest absolute Gasteiger partial charge is 0.0719 e. The third kappa shape index (κ3) is 2.38. The van der Waals surface area contributed by atoms with Crippen LogP contribution in [0, 0.1) is 0 Å². The fourth-order valence-electron chi connectivity index (χ4n) is 3.36. The molecule has 0 fully saturated rings. The van der Waals surface area contributed by atoms with Crippen molar-refractivity contribution in [3.8, 4) is 0 Å². The molecule has 0 aliphatic heterocycles. The summed E-state index contributed by atoms with van der Waals surface area (Å²) in [5.74, 6) is 0.583. The first kappa shape index (κ1) is 13.4. The number of hydrogen-bond acceptors (Lipinski definition) is 2. The molecule has 1 aromatic heterocycles. The first-order valence-electron chi connectivity index (χ1n) is 7.62. The lowest BCUT2D eigenvalue weighted by atomic mass is 9.78. The third-order valence-electron chi connectivity index (χ3n) is 4.32. The van der Waals surface area contributed by atoms with Crippen LogP contribution in [0.25, 0.3) is 0 Å². The Kier molecular flexibility index (Phi) is 3.88. The molecule has 3 nitrogen and oxygen atoms in total. The monoisotopic (exact) mass is 269 g/mol. The first-order chi connectivity index (χ1) is 9.81. The highest BCUT2D eigenvalue weighted by atomic mass is 15.3. The third-order valence-corrected chi connectivity index (χ3v) is 4.32. The Labute approximate surface area is 121 Å². The summed E-state index contributed by atoms with van der Waals surface area (Å²) in [4.78, 5) is 0. The van der Waals surface area contributed by atoms with Crippen molar-refractivity contribution in [3.63, 3.8) is 0 Å². The SMILES string of the molecule is CCCNC1c2ccccc2C(C)CC1n1cccn1. The fourth-order valence-corrected chi connectivity index (χ4v) is 3.36. The van der Waals surface area contributed by atoms with Crippen LogP contribution in [-0.2, 0) is 0 Å². The van der Waals surface area contributed by atoms with Crippen LogP contribution >= 0.6 is 0 Å². The number of rotatable bonds is 4. The second-order valence-electron chi connectivity index (χ2n) is 5.75. The quantitative estimate of drug-likeness (QED) is 0.917. The molecule has 1 aliphatic carbocycles. The lowest BCUT2D eigenvalue weighted by Gasteiger charge is -2.37. The van der Waals surface area contributed by atoms with Crippen LogP contribution in [-0.4, -0.2) is 16.3 Å². The van der Waals surface area contributed by atoms with E-state index in [9.17, 15) is 0 Å². The van der Waals surface area contributed by atoms with Gasteiger partial charge in [0.2, 0.25) is 0 Å². The topological polar surface area (TPSA) is 29.9 Å². The molecule has 1 heterocycles. The van der Waals surface area contributed by atoms with E-state index in [0.717, 1.165) is 19.4 Å². The minimum absolute atomic E-state index is 0.363. The van der Waals surface area contributed by atoms with Gasteiger partial charge in [-0.15, -0.1) is 0 Å². The first-order valence-corrected chi connectivity index (χ1v) is 7.62. The van der Waals surface area contributed by atoms with E-state index in [-0.39, 0.29) is 0 Å². The number of fused-ring (bicyclic) bond motifs is 1. The van der Waals surface area contributed by atoms with Crippen LogP contribution in [0.2, 0.25) is 0 Å². The van der Waals surface area contributed by atoms with Crippen LogP contribution in [0.5, 0.6) is 0 Å². The molecule has 3 heteroatoms. The summed E-state index contributed by atoms with van der Waals surface area (Å²) < 4.78 is 2.12. The maximum atomic E-state index is 4.48. The van der Waals surface area contributed by atoms with Crippen molar-refractivity contribution >= 4 is 0 Å². The van der Waals surface area contributed by atoms with Gasteiger partial charge in [0.05, 0.1) is 12.1 Å². The molecule has 0 bridgehead atoms. The second kappa shape index (κ2) is 5.80. The Morgan fingerprint density at radius 1 is 1.25 bits per heavy atom. The molecule has 2 aromatic rings. The van der Waals surface area contributed by atoms with Crippen molar-refractivity contribution in [1.82, 2.24) is 15.1 Å². The zero-order chi connectivity index (χ0) is 13.9. The molecular weight excluding hydrogens is 246 g/mol. The van der Waals surface area contributed by atoms with E-state index >= 15 is 0 Å². The average Bonchev–Trinajstić information content (AvgIpc) is 3.00. The van der Waals surface area contributed by atoms with Crippen LogP contribution in [0.15, 0.2) is 42.7 Å². The number of hydrogen-bond donors (Lipinski definition) is 1. The Bertz CT molecular complexity index is 547. The summed E-state index contributed by atoms with van der Waals surface area (Å²) in [6.07, 6.45) is 6.26. The summed E-state index contributed by atoms with van der Waals surface area (Å²) in [6.45, 7) is 5.59. The van der Waals surface area contributed by atoms with Gasteiger partial charge < -0.3 is 5.32 Å². The molecule has 3 atom stereocenters. The minimum atomic E-state index is 0.363. The van der Waals surface area contributed by atoms with Gasteiger partial charge in [-0.05, 0) is 42.5 Å². The highest BCUT2D eigenvalue weighted by molar-refractivity contribution is 5.36. The molecule has 1 N–H and O–H groups in total. The van der Waals surface area contributed by atoms with E-state index in [1.54, 1.807) is 0 Å². The maximum absolute atomic E-state index is 4.48. The molecule has 0 saturated heterocycles. The van der Waals surface area contributed by atoms with Gasteiger partial charge in [0.15, 0.2) is 0 Å². The number of aromatic nitrogens is 2. The summed E-state index contributed by atoms with van der Waals surface area (Å²) in [5, 5.41) is 8.21. The average molecular weight is 269 g/mol. The van der Waals surface area contributed by atoms with Gasteiger partial charge in [0, 0.05) is 12.4 Å². The fraction of sp³-hybridized carbons (Fsp3) is 0.471. The van der Waals surface area contributed by atoms with Crippen molar-refractivity contribution in [3.05, 3.63) is 53.9 Å². The summed E-state index contributed by atoms with van der Waals surface area (Å²) in [6, 6.07) is 11.6. The van der Waals surface area contributed by atoms with Gasteiger partial charge in [0.1, 0.15) is 0 Å². The zero-order valence-corrected chi connectivity index (χ0v) is 12.3. The van der Waals surface area contributed by atoms with E-state index in [1.165, 1.54) is 11.1 Å². The minimum Gasteiger partial charge on any atom is -0.308 e. The molecule has 0 saturated carbocycles. The van der Waals surface area contributed by atoms with E-state index in [4.69, 9.17) is 0 Å². The Morgan fingerprint density at radius 2 is 2.05 bits per heavy atom. The van der Waals surface area contributed by atoms with E-state index < -0.39 is 0 Å². The Morgan fingerprint density at radius 3 is 2.75 bits per heavy atom. The Balaban J connectivity index is 1.99. The van der Waals surface area contributed by atoms with Crippen molar-refractivity contribution in [2.75, 3.05) is 6.54 Å². The van der Waals surface area contributed by atoms with Gasteiger partial charge in [-0.1, -0.05) is 38.1 Å². The van der Waals surface area contributed by atoms with E-state index in [0.29, 0.717) is 18.0 Å². The summed E-state index contributed by atoms with van der Waals surface area (Å²) in [7, 11) is 0. The van der Waals surface area contributed by atoms with Crippen LogP contribution in [0.3, 0.4) is 0 Å². The lowest BCUT2D eigenvalue weighted by molar-refractivity contribution is 0.278. The van der Waals surface area contributed by atoms with Gasteiger partial charge in [0.25, 0.3) is 0 Å². The highest BCUT2D eigenvalue weighted by Gasteiger charge is 2.33. The molecule has 3 unspecified atom stereocenters. The molecule has 1 aliphatic rings. The molecule has 106 valence electrons. The van der Waals surface area contributed by atoms with Crippen molar-refractivity contribution in [2.45, 2.75) is 44.7 Å². The van der Waals surface area contributed by atoms with E-state index in [2.05, 4.69) is 59.4 Å². The number of nitrogens with zero attached hydrogens (tertiary/aromatic N) is 2. The number of nitrogens with one attached hydrogen (secondary N) is 1. The highest BCUT2D eigenvalue weighted by Crippen LogP contribution is 2.43. The van der Waals surface area contributed by atoms with Gasteiger partial charge >= 0.3 is 0 Å². The molecule has 1 aromatic carbocycles. The predicted octanol–water partition coefficient (Wildman–Crippen LogP) is 3.67. The molecule has 20 heavy (non-hydrogen) atoms. The standard InChI is InChI=1S/C17H23N3/c1-3-9-18-17-15-8-5-4-7-14(15)13(2)12-16(17)20-11-6-10-19-20/h4-8,10-11,13,16-18H,3,9,12H2,1-2H3. The van der Waals surface area contributed by atoms with Gasteiger partial charge in [-0.25, -0.2) is 0 Å². The zero-order valence-electron chi connectivity index (χ0n) is 12.3. The summed E-state index contributed by atoms with van der Waals surface area (Å²) in [5.41, 5.74) is 2.93.